The van der Waals surface area contributed by atoms with Gasteiger partial charge in [-0.3, -0.25) is 0 Å². The Hall–Kier alpha value is -2.08. The van der Waals surface area contributed by atoms with E-state index in [1.165, 1.54) is 0 Å². The first kappa shape index (κ1) is 10.0. The van der Waals surface area contributed by atoms with Gasteiger partial charge in [0.2, 0.25) is 0 Å². The maximum absolute atomic E-state index is 10.7. The van der Waals surface area contributed by atoms with Crippen molar-refractivity contribution in [2.75, 3.05) is 0 Å². The molecule has 0 saturated heterocycles. The van der Waals surface area contributed by atoms with E-state index in [4.69, 9.17) is 10.4 Å². The summed E-state index contributed by atoms with van der Waals surface area (Å²) in [6, 6.07) is 10.7. The van der Waals surface area contributed by atoms with Gasteiger partial charge >= 0.3 is 5.97 Å². The minimum absolute atomic E-state index is 0.212. The van der Waals surface area contributed by atoms with E-state index < -0.39 is 5.97 Å². The highest BCUT2D eigenvalue weighted by atomic mass is 16.4. The Morgan fingerprint density at radius 3 is 2.36 bits per heavy atom. The summed E-state index contributed by atoms with van der Waals surface area (Å²) in [5, 5.41) is 17.4. The van der Waals surface area contributed by atoms with Crippen LogP contribution in [0.5, 0.6) is 0 Å². The van der Waals surface area contributed by atoms with E-state index in [2.05, 4.69) is 0 Å². The highest BCUT2D eigenvalue weighted by molar-refractivity contribution is 6.00. The molecular weight excluding hydrogens is 178 g/mol. The van der Waals surface area contributed by atoms with Crippen LogP contribution in [0.2, 0.25) is 0 Å². The van der Waals surface area contributed by atoms with Crippen LogP contribution in [0.4, 0.5) is 0 Å². The van der Waals surface area contributed by atoms with Gasteiger partial charge in [0.15, 0.2) is 0 Å². The van der Waals surface area contributed by atoms with E-state index in [9.17, 15) is 4.79 Å². The van der Waals surface area contributed by atoms with Crippen LogP contribution >= 0.6 is 0 Å². The number of carbonyl (C=O) groups is 1. The second-order valence-corrected chi connectivity index (χ2v) is 2.78. The van der Waals surface area contributed by atoms with E-state index in [-0.39, 0.29) is 5.57 Å². The highest BCUT2D eigenvalue weighted by Gasteiger charge is 2.11. The fourth-order valence-corrected chi connectivity index (χ4v) is 1.12. The van der Waals surface area contributed by atoms with Gasteiger partial charge in [-0.1, -0.05) is 30.3 Å². The lowest BCUT2D eigenvalue weighted by atomic mass is 10.0. The van der Waals surface area contributed by atoms with Crippen molar-refractivity contribution in [2.24, 2.45) is 0 Å². The Morgan fingerprint density at radius 2 is 1.93 bits per heavy atom. The molecule has 70 valence electrons. The molecule has 1 N–H and O–H groups in total. The molecule has 1 aromatic rings. The number of aliphatic carboxylic acids is 1. The molecule has 1 aromatic carbocycles. The molecule has 14 heavy (non-hydrogen) atoms. The number of allylic oxidation sites excluding steroid dienone is 1. The lowest BCUT2D eigenvalue weighted by Crippen LogP contribution is -2.00. The molecule has 0 bridgehead atoms. The second kappa shape index (κ2) is 4.24. The zero-order valence-corrected chi connectivity index (χ0v) is 7.69. The second-order valence-electron chi connectivity index (χ2n) is 2.78. The van der Waals surface area contributed by atoms with E-state index in [1.54, 1.807) is 37.3 Å². The van der Waals surface area contributed by atoms with Crippen molar-refractivity contribution in [2.45, 2.75) is 6.92 Å². The minimum Gasteiger partial charge on any atom is -0.477 e. The normalized spacial score (nSPS) is 11.4. The van der Waals surface area contributed by atoms with Crippen LogP contribution in [0.25, 0.3) is 5.57 Å². The number of carboxylic acids is 1. The molecule has 0 amide bonds. The molecule has 0 aliphatic carbocycles. The third-order valence-corrected chi connectivity index (χ3v) is 1.91. The number of rotatable bonds is 2. The molecule has 0 fully saturated rings. The Bertz CT molecular complexity index is 413. The summed E-state index contributed by atoms with van der Waals surface area (Å²) < 4.78 is 0. The van der Waals surface area contributed by atoms with Crippen LogP contribution in [-0.2, 0) is 4.79 Å². The Balaban J connectivity index is 3.23. The van der Waals surface area contributed by atoms with Crippen molar-refractivity contribution in [3.63, 3.8) is 0 Å². The van der Waals surface area contributed by atoms with Crippen molar-refractivity contribution in [1.82, 2.24) is 0 Å². The van der Waals surface area contributed by atoms with Gasteiger partial charge in [-0.15, -0.1) is 0 Å². The Kier molecular flexibility index (Phi) is 3.03. The topological polar surface area (TPSA) is 61.1 Å². The summed E-state index contributed by atoms with van der Waals surface area (Å²) in [6.07, 6.45) is 0. The third-order valence-electron chi connectivity index (χ3n) is 1.91. The monoisotopic (exact) mass is 187 g/mol. The molecule has 0 unspecified atom stereocenters. The Morgan fingerprint density at radius 1 is 1.36 bits per heavy atom. The van der Waals surface area contributed by atoms with Crippen molar-refractivity contribution in [1.29, 1.82) is 5.26 Å². The van der Waals surface area contributed by atoms with Crippen LogP contribution in [-0.4, -0.2) is 11.1 Å². The van der Waals surface area contributed by atoms with Gasteiger partial charge in [0.1, 0.15) is 11.6 Å². The zero-order chi connectivity index (χ0) is 10.6. The van der Waals surface area contributed by atoms with Crippen molar-refractivity contribution < 1.29 is 9.90 Å². The Labute approximate surface area is 81.9 Å². The molecule has 0 saturated carbocycles. The van der Waals surface area contributed by atoms with Gasteiger partial charge in [0, 0.05) is 0 Å². The van der Waals surface area contributed by atoms with E-state index in [0.717, 1.165) is 5.56 Å². The highest BCUT2D eigenvalue weighted by Crippen LogP contribution is 2.17. The summed E-state index contributed by atoms with van der Waals surface area (Å²) in [5.41, 5.74) is 1.03. The molecule has 0 aliphatic heterocycles. The summed E-state index contributed by atoms with van der Waals surface area (Å²) in [4.78, 5) is 10.7. The minimum atomic E-state index is -1.19. The number of hydrogen-bond acceptors (Lipinski definition) is 2. The van der Waals surface area contributed by atoms with Crippen molar-refractivity contribution >= 4 is 11.5 Å². The lowest BCUT2D eigenvalue weighted by molar-refractivity contribution is -0.132. The maximum Gasteiger partial charge on any atom is 0.346 e. The molecule has 0 aromatic heterocycles. The quantitative estimate of drug-likeness (QED) is 0.569. The fourth-order valence-electron chi connectivity index (χ4n) is 1.12. The van der Waals surface area contributed by atoms with Crippen LogP contribution < -0.4 is 0 Å². The van der Waals surface area contributed by atoms with Crippen LogP contribution in [0.1, 0.15) is 12.5 Å². The van der Waals surface area contributed by atoms with Crippen LogP contribution in [0, 0.1) is 11.3 Å². The summed E-state index contributed by atoms with van der Waals surface area (Å²) >= 11 is 0. The van der Waals surface area contributed by atoms with E-state index in [1.807, 2.05) is 6.07 Å². The number of benzene rings is 1. The van der Waals surface area contributed by atoms with Crippen molar-refractivity contribution in [3.8, 4) is 6.07 Å². The summed E-state index contributed by atoms with van der Waals surface area (Å²) in [6.45, 7) is 1.63. The number of hydrogen-bond donors (Lipinski definition) is 1. The van der Waals surface area contributed by atoms with Gasteiger partial charge in [-0.05, 0) is 18.1 Å². The molecule has 0 radical (unpaired) electrons. The molecule has 1 rings (SSSR count). The largest absolute Gasteiger partial charge is 0.477 e. The molecule has 0 atom stereocenters. The molecule has 0 spiro atoms. The van der Waals surface area contributed by atoms with Gasteiger partial charge in [-0.25, -0.2) is 4.79 Å². The van der Waals surface area contributed by atoms with Crippen LogP contribution in [0.15, 0.2) is 35.9 Å². The SMILES string of the molecule is C/C(=C(\C#N)C(=O)O)c1ccccc1. The molecule has 0 heterocycles. The first-order valence-electron chi connectivity index (χ1n) is 4.06. The average Bonchev–Trinajstić information content (AvgIpc) is 2.19. The fraction of sp³-hybridized carbons (Fsp3) is 0.0909. The number of carboxylic acid groups (broad SMARTS) is 1. The van der Waals surface area contributed by atoms with E-state index in [0.29, 0.717) is 5.57 Å². The van der Waals surface area contributed by atoms with Crippen LogP contribution in [0.3, 0.4) is 0 Å². The summed E-state index contributed by atoms with van der Waals surface area (Å²) in [5.74, 6) is -1.19. The third kappa shape index (κ3) is 1.99. The molecule has 3 nitrogen and oxygen atoms in total. The van der Waals surface area contributed by atoms with Gasteiger partial charge in [-0.2, -0.15) is 5.26 Å². The van der Waals surface area contributed by atoms with Gasteiger partial charge < -0.3 is 5.11 Å². The number of nitriles is 1. The first-order chi connectivity index (χ1) is 6.66. The molecule has 0 aliphatic rings. The standard InChI is InChI=1S/C11H9NO2/c1-8(10(7-12)11(13)14)9-5-3-2-4-6-9/h2-6H,1H3,(H,13,14)/b10-8-. The smallest absolute Gasteiger partial charge is 0.346 e. The maximum atomic E-state index is 10.7. The van der Waals surface area contributed by atoms with Gasteiger partial charge in [0.25, 0.3) is 0 Å². The number of nitrogens with zero attached hydrogens (tertiary/aromatic N) is 1. The first-order valence-corrected chi connectivity index (χ1v) is 4.06. The lowest BCUT2D eigenvalue weighted by Gasteiger charge is -2.01. The predicted molar refractivity (Wildman–Crippen MR) is 52.3 cm³/mol. The van der Waals surface area contributed by atoms with Gasteiger partial charge in [0.05, 0.1) is 0 Å². The average molecular weight is 187 g/mol. The molecular formula is C11H9NO2. The zero-order valence-electron chi connectivity index (χ0n) is 7.69. The van der Waals surface area contributed by atoms with E-state index >= 15 is 0 Å². The summed E-state index contributed by atoms with van der Waals surface area (Å²) in [7, 11) is 0. The molecule has 3 heteroatoms. The van der Waals surface area contributed by atoms with Crippen molar-refractivity contribution in [3.05, 3.63) is 41.5 Å². The predicted octanol–water partition coefficient (Wildman–Crippen LogP) is 2.07.